The zero-order valence-corrected chi connectivity index (χ0v) is 15.4. The summed E-state index contributed by atoms with van der Waals surface area (Å²) in [6.45, 7) is 0.525. The normalized spacial score (nSPS) is 16.9. The smallest absolute Gasteiger partial charge is 0.371 e. The number of benzene rings is 1. The molecule has 0 amide bonds. The molecule has 4 heterocycles. The second-order valence-electron chi connectivity index (χ2n) is 6.56. The van der Waals surface area contributed by atoms with E-state index in [0.29, 0.717) is 39.1 Å². The lowest BCUT2D eigenvalue weighted by Crippen LogP contribution is -2.25. The Morgan fingerprint density at radius 2 is 1.90 bits per heavy atom. The summed E-state index contributed by atoms with van der Waals surface area (Å²) in [7, 11) is 0. The number of nitrogens with one attached hydrogen (secondary N) is 1. The molecule has 0 fully saturated rings. The summed E-state index contributed by atoms with van der Waals surface area (Å²) in [6.07, 6.45) is -4.39. The Labute approximate surface area is 166 Å². The van der Waals surface area contributed by atoms with Crippen LogP contribution < -0.4 is 0 Å². The van der Waals surface area contributed by atoms with E-state index in [2.05, 4.69) is 25.4 Å². The van der Waals surface area contributed by atoms with Gasteiger partial charge in [-0.1, -0.05) is 23.7 Å². The molecule has 1 aliphatic rings. The Balaban J connectivity index is 1.59. The lowest BCUT2D eigenvalue weighted by Gasteiger charge is -2.26. The highest BCUT2D eigenvalue weighted by molar-refractivity contribution is 6.33. The molecule has 1 N–H and O–H groups in total. The van der Waals surface area contributed by atoms with Crippen LogP contribution in [0.5, 0.6) is 0 Å². The number of H-pyrrole nitrogens is 1. The highest BCUT2D eigenvalue weighted by atomic mass is 35.5. The van der Waals surface area contributed by atoms with Crippen molar-refractivity contribution in [3.05, 3.63) is 58.5 Å². The standard InChI is InChI=1S/C18H12ClF3N6O/c19-16-15-11(24-26-16)5-6-12(23-15)17-27-25-14-8-29-7-13(28(14)17)9-1-3-10(4-2-9)18(20,21)22/h1-6,13H,7-8H2,(H,24,26). The van der Waals surface area contributed by atoms with Gasteiger partial charge >= 0.3 is 6.18 Å². The first-order chi connectivity index (χ1) is 13.9. The molecule has 0 saturated carbocycles. The Morgan fingerprint density at radius 3 is 2.66 bits per heavy atom. The fourth-order valence-electron chi connectivity index (χ4n) is 3.39. The van der Waals surface area contributed by atoms with Crippen LogP contribution in [0.25, 0.3) is 22.6 Å². The maximum Gasteiger partial charge on any atom is 0.416 e. The van der Waals surface area contributed by atoms with E-state index in [0.717, 1.165) is 12.1 Å². The van der Waals surface area contributed by atoms with Crippen LogP contribution in [0.3, 0.4) is 0 Å². The average Bonchev–Trinajstić information content (AvgIpc) is 3.31. The lowest BCUT2D eigenvalue weighted by molar-refractivity contribution is -0.137. The topological polar surface area (TPSA) is 81.5 Å². The second-order valence-corrected chi connectivity index (χ2v) is 6.94. The summed E-state index contributed by atoms with van der Waals surface area (Å²) in [5.41, 5.74) is 1.59. The quantitative estimate of drug-likeness (QED) is 0.530. The summed E-state index contributed by atoms with van der Waals surface area (Å²) in [4.78, 5) is 4.52. The average molecular weight is 421 g/mol. The summed E-state index contributed by atoms with van der Waals surface area (Å²) < 4.78 is 46.1. The molecule has 7 nitrogen and oxygen atoms in total. The summed E-state index contributed by atoms with van der Waals surface area (Å²) >= 11 is 6.09. The Hall–Kier alpha value is -2.98. The molecular formula is C18H12ClF3N6O. The number of ether oxygens (including phenoxy) is 1. The Bertz CT molecular complexity index is 1200. The molecular weight excluding hydrogens is 409 g/mol. The molecule has 4 aromatic rings. The van der Waals surface area contributed by atoms with E-state index in [9.17, 15) is 13.2 Å². The van der Waals surface area contributed by atoms with Crippen LogP contribution in [-0.4, -0.2) is 36.6 Å². The monoisotopic (exact) mass is 420 g/mol. The molecule has 0 radical (unpaired) electrons. The van der Waals surface area contributed by atoms with Crippen LogP contribution in [0.15, 0.2) is 36.4 Å². The highest BCUT2D eigenvalue weighted by Crippen LogP contribution is 2.34. The molecule has 29 heavy (non-hydrogen) atoms. The van der Waals surface area contributed by atoms with Crippen LogP contribution >= 0.6 is 11.6 Å². The van der Waals surface area contributed by atoms with Crippen molar-refractivity contribution in [3.8, 4) is 11.5 Å². The largest absolute Gasteiger partial charge is 0.416 e. The maximum atomic E-state index is 12.9. The molecule has 1 aromatic carbocycles. The highest BCUT2D eigenvalue weighted by Gasteiger charge is 2.32. The first-order valence-corrected chi connectivity index (χ1v) is 8.99. The number of aromatic amines is 1. The van der Waals surface area contributed by atoms with Gasteiger partial charge in [-0.2, -0.15) is 18.3 Å². The minimum atomic E-state index is -4.39. The molecule has 3 aromatic heterocycles. The molecule has 1 unspecified atom stereocenters. The van der Waals surface area contributed by atoms with Gasteiger partial charge in [-0.05, 0) is 29.8 Å². The van der Waals surface area contributed by atoms with Crippen molar-refractivity contribution >= 4 is 22.6 Å². The van der Waals surface area contributed by atoms with Crippen molar-refractivity contribution in [2.45, 2.75) is 18.8 Å². The van der Waals surface area contributed by atoms with Crippen molar-refractivity contribution in [2.75, 3.05) is 6.61 Å². The van der Waals surface area contributed by atoms with Gasteiger partial charge in [0, 0.05) is 0 Å². The number of pyridine rings is 1. The zero-order valence-electron chi connectivity index (χ0n) is 14.6. The fraction of sp³-hybridized carbons (Fsp3) is 0.222. The van der Waals surface area contributed by atoms with Crippen molar-refractivity contribution < 1.29 is 17.9 Å². The molecule has 0 spiro atoms. The number of alkyl halides is 3. The number of nitrogens with zero attached hydrogens (tertiary/aromatic N) is 5. The van der Waals surface area contributed by atoms with Crippen LogP contribution in [0.1, 0.15) is 23.0 Å². The van der Waals surface area contributed by atoms with Gasteiger partial charge in [0.2, 0.25) is 0 Å². The van der Waals surface area contributed by atoms with Gasteiger partial charge in [-0.25, -0.2) is 4.98 Å². The number of aromatic nitrogens is 6. The third-order valence-electron chi connectivity index (χ3n) is 4.79. The number of fused-ring (bicyclic) bond motifs is 2. The lowest BCUT2D eigenvalue weighted by atomic mass is 10.0. The van der Waals surface area contributed by atoms with Gasteiger partial charge in [0.1, 0.15) is 23.3 Å². The molecule has 1 atom stereocenters. The molecule has 0 bridgehead atoms. The summed E-state index contributed by atoms with van der Waals surface area (Å²) in [5, 5.41) is 15.4. The van der Waals surface area contributed by atoms with E-state index in [1.54, 1.807) is 12.1 Å². The minimum absolute atomic E-state index is 0.249. The van der Waals surface area contributed by atoms with Gasteiger partial charge in [-0.15, -0.1) is 10.2 Å². The molecule has 11 heteroatoms. The van der Waals surface area contributed by atoms with Gasteiger partial charge in [-0.3, -0.25) is 9.67 Å². The molecule has 0 saturated heterocycles. The predicted molar refractivity (Wildman–Crippen MR) is 97.2 cm³/mol. The number of rotatable bonds is 2. The number of hydrogen-bond acceptors (Lipinski definition) is 5. The molecule has 5 rings (SSSR count). The number of halogens is 4. The van der Waals surface area contributed by atoms with Crippen molar-refractivity contribution in [3.63, 3.8) is 0 Å². The second kappa shape index (κ2) is 6.53. The first kappa shape index (κ1) is 18.1. The van der Waals surface area contributed by atoms with Crippen molar-refractivity contribution in [1.82, 2.24) is 29.9 Å². The van der Waals surface area contributed by atoms with E-state index in [1.165, 1.54) is 12.1 Å². The van der Waals surface area contributed by atoms with Crippen LogP contribution in [0.4, 0.5) is 13.2 Å². The summed E-state index contributed by atoms with van der Waals surface area (Å²) in [5.74, 6) is 1.05. The predicted octanol–water partition coefficient (Wildman–Crippen LogP) is 4.01. The summed E-state index contributed by atoms with van der Waals surface area (Å²) in [6, 6.07) is 8.12. The van der Waals surface area contributed by atoms with Gasteiger partial charge < -0.3 is 4.74 Å². The molecule has 1 aliphatic heterocycles. The van der Waals surface area contributed by atoms with Crippen LogP contribution in [-0.2, 0) is 17.5 Å². The van der Waals surface area contributed by atoms with Crippen molar-refractivity contribution in [1.29, 1.82) is 0 Å². The van der Waals surface area contributed by atoms with E-state index in [-0.39, 0.29) is 19.3 Å². The maximum absolute atomic E-state index is 12.9. The van der Waals surface area contributed by atoms with E-state index in [1.807, 2.05) is 4.57 Å². The first-order valence-electron chi connectivity index (χ1n) is 8.61. The molecule has 148 valence electrons. The minimum Gasteiger partial charge on any atom is -0.371 e. The molecule has 0 aliphatic carbocycles. The van der Waals surface area contributed by atoms with E-state index < -0.39 is 11.7 Å². The zero-order chi connectivity index (χ0) is 20.2. The van der Waals surface area contributed by atoms with Crippen LogP contribution in [0, 0.1) is 0 Å². The fourth-order valence-corrected chi connectivity index (χ4v) is 3.57. The van der Waals surface area contributed by atoms with Gasteiger partial charge in [0.05, 0.1) is 18.2 Å². The Kier molecular flexibility index (Phi) is 4.07. The van der Waals surface area contributed by atoms with E-state index >= 15 is 0 Å². The van der Waals surface area contributed by atoms with Gasteiger partial charge in [0.15, 0.2) is 16.8 Å². The third kappa shape index (κ3) is 3.04. The van der Waals surface area contributed by atoms with Crippen LogP contribution in [0.2, 0.25) is 5.15 Å². The SMILES string of the molecule is FC(F)(F)c1ccc(C2COCc3nnc(-c4ccc5n[nH]c(Cl)c5n4)n32)cc1. The Morgan fingerprint density at radius 1 is 1.10 bits per heavy atom. The van der Waals surface area contributed by atoms with E-state index in [4.69, 9.17) is 16.3 Å². The van der Waals surface area contributed by atoms with Crippen molar-refractivity contribution in [2.24, 2.45) is 0 Å². The number of hydrogen-bond donors (Lipinski definition) is 1. The van der Waals surface area contributed by atoms with Gasteiger partial charge in [0.25, 0.3) is 0 Å². The third-order valence-corrected chi connectivity index (χ3v) is 5.06.